The highest BCUT2D eigenvalue weighted by Crippen LogP contribution is 2.28. The van der Waals surface area contributed by atoms with Gasteiger partial charge in [0.15, 0.2) is 5.58 Å². The van der Waals surface area contributed by atoms with Crippen LogP contribution in [0, 0.1) is 0 Å². The minimum atomic E-state index is -1.13. The molecule has 23 heavy (non-hydrogen) atoms. The molecule has 0 saturated heterocycles. The molecule has 1 amide bonds. The highest BCUT2D eigenvalue weighted by Gasteiger charge is 2.15. The number of fused-ring (bicyclic) bond motifs is 1. The predicted octanol–water partition coefficient (Wildman–Crippen LogP) is 2.22. The number of hydrogen-bond acceptors (Lipinski definition) is 7. The van der Waals surface area contributed by atoms with Crippen LogP contribution in [-0.2, 0) is 0 Å². The van der Waals surface area contributed by atoms with E-state index >= 15 is 0 Å². The van der Waals surface area contributed by atoms with Crippen LogP contribution < -0.4 is 10.1 Å². The monoisotopic (exact) mass is 319 g/mol. The third-order valence-electron chi connectivity index (χ3n) is 2.92. The summed E-state index contributed by atoms with van der Waals surface area (Å²) in [6, 6.07) is 5.63. The van der Waals surface area contributed by atoms with E-state index in [2.05, 4.69) is 15.5 Å². The fourth-order valence-electron chi connectivity index (χ4n) is 1.91. The first-order valence-corrected chi connectivity index (χ1v) is 6.70. The van der Waals surface area contributed by atoms with Gasteiger partial charge in [0.1, 0.15) is 17.9 Å². The summed E-state index contributed by atoms with van der Waals surface area (Å²) in [6.45, 7) is 1.75. The van der Waals surface area contributed by atoms with Crippen LogP contribution in [0.5, 0.6) is 11.6 Å². The summed E-state index contributed by atoms with van der Waals surface area (Å²) < 4.78 is 15.9. The van der Waals surface area contributed by atoms with Gasteiger partial charge in [-0.25, -0.2) is 9.78 Å². The lowest BCUT2D eigenvalue weighted by Crippen LogP contribution is -2.35. The smallest absolute Gasteiger partial charge is 0.404 e. The van der Waals surface area contributed by atoms with Crippen molar-refractivity contribution in [1.29, 1.82) is 0 Å². The number of hydrogen-bond donors (Lipinski definition) is 3. The van der Waals surface area contributed by atoms with Crippen LogP contribution in [0.4, 0.5) is 4.79 Å². The van der Waals surface area contributed by atoms with Gasteiger partial charge in [0.2, 0.25) is 5.76 Å². The zero-order chi connectivity index (χ0) is 16.4. The van der Waals surface area contributed by atoms with Crippen LogP contribution >= 0.6 is 0 Å². The first-order valence-electron chi connectivity index (χ1n) is 6.70. The van der Waals surface area contributed by atoms with Crippen molar-refractivity contribution in [3.8, 4) is 23.3 Å². The number of amides is 1. The van der Waals surface area contributed by atoms with Crippen molar-refractivity contribution in [2.45, 2.75) is 13.0 Å². The Morgan fingerprint density at radius 3 is 3.04 bits per heavy atom. The highest BCUT2D eigenvalue weighted by molar-refractivity contribution is 5.76. The molecule has 2 aromatic heterocycles. The molecule has 3 rings (SSSR count). The van der Waals surface area contributed by atoms with Crippen molar-refractivity contribution < 1.29 is 28.7 Å². The molecular formula is C14H13N3O6. The van der Waals surface area contributed by atoms with Crippen LogP contribution in [0.25, 0.3) is 22.8 Å². The van der Waals surface area contributed by atoms with Gasteiger partial charge in [-0.05, 0) is 24.2 Å². The van der Waals surface area contributed by atoms with E-state index in [9.17, 15) is 9.90 Å². The number of aromatic nitrogens is 2. The van der Waals surface area contributed by atoms with E-state index in [0.29, 0.717) is 11.1 Å². The quantitative estimate of drug-likeness (QED) is 0.652. The summed E-state index contributed by atoms with van der Waals surface area (Å²) in [5, 5.41) is 24.0. The second kappa shape index (κ2) is 5.87. The number of phenolic OH excluding ortho intramolecular Hbond substituents is 1. The van der Waals surface area contributed by atoms with Gasteiger partial charge >= 0.3 is 6.09 Å². The van der Waals surface area contributed by atoms with E-state index in [1.54, 1.807) is 13.0 Å². The molecule has 0 bridgehead atoms. The Hall–Kier alpha value is -3.23. The molecule has 0 aliphatic carbocycles. The fraction of sp³-hybridized carbons (Fsp3) is 0.214. The molecule has 3 aromatic rings. The summed E-state index contributed by atoms with van der Waals surface area (Å²) in [7, 11) is 0. The first kappa shape index (κ1) is 14.7. The molecule has 3 N–H and O–H groups in total. The van der Waals surface area contributed by atoms with Crippen molar-refractivity contribution in [1.82, 2.24) is 15.5 Å². The maximum atomic E-state index is 10.5. The van der Waals surface area contributed by atoms with Crippen molar-refractivity contribution in [2.75, 3.05) is 6.61 Å². The van der Waals surface area contributed by atoms with Gasteiger partial charge in [0.25, 0.3) is 11.8 Å². The molecule has 9 heteroatoms. The van der Waals surface area contributed by atoms with Gasteiger partial charge in [0.05, 0.1) is 12.1 Å². The molecule has 0 radical (unpaired) electrons. The minimum absolute atomic E-state index is 0.0823. The SMILES string of the molecule is C[C@@H](COc1cc(-c2nc3cc(O)ccc3o2)on1)NC(=O)O. The first-order chi connectivity index (χ1) is 11.0. The van der Waals surface area contributed by atoms with Crippen molar-refractivity contribution in [2.24, 2.45) is 0 Å². The van der Waals surface area contributed by atoms with E-state index in [1.807, 2.05) is 0 Å². The normalized spacial score (nSPS) is 12.2. The number of oxazole rings is 1. The topological polar surface area (TPSA) is 131 Å². The van der Waals surface area contributed by atoms with Crippen LogP contribution in [-0.4, -0.2) is 39.1 Å². The van der Waals surface area contributed by atoms with Gasteiger partial charge in [-0.3, -0.25) is 0 Å². The lowest BCUT2D eigenvalue weighted by molar-refractivity contribution is 0.181. The number of rotatable bonds is 5. The van der Waals surface area contributed by atoms with E-state index in [4.69, 9.17) is 18.8 Å². The number of ether oxygens (including phenoxy) is 1. The average molecular weight is 319 g/mol. The third-order valence-corrected chi connectivity index (χ3v) is 2.92. The number of phenols is 1. The molecular weight excluding hydrogens is 306 g/mol. The third kappa shape index (κ3) is 3.34. The zero-order valence-corrected chi connectivity index (χ0v) is 12.0. The Kier molecular flexibility index (Phi) is 3.75. The summed E-state index contributed by atoms with van der Waals surface area (Å²) >= 11 is 0. The summed E-state index contributed by atoms with van der Waals surface area (Å²) in [5.74, 6) is 0.724. The Morgan fingerprint density at radius 2 is 2.26 bits per heavy atom. The molecule has 0 spiro atoms. The van der Waals surface area contributed by atoms with Crippen LogP contribution in [0.2, 0.25) is 0 Å². The fourth-order valence-corrected chi connectivity index (χ4v) is 1.91. The Balaban J connectivity index is 1.71. The van der Waals surface area contributed by atoms with E-state index in [0.717, 1.165) is 0 Å². The maximum Gasteiger partial charge on any atom is 0.404 e. The minimum Gasteiger partial charge on any atom is -0.508 e. The highest BCUT2D eigenvalue weighted by atomic mass is 16.5. The lowest BCUT2D eigenvalue weighted by atomic mass is 10.3. The summed E-state index contributed by atoms with van der Waals surface area (Å²) in [6.07, 6.45) is -1.13. The number of carboxylic acid groups (broad SMARTS) is 1. The van der Waals surface area contributed by atoms with Crippen LogP contribution in [0.1, 0.15) is 6.92 Å². The zero-order valence-electron chi connectivity index (χ0n) is 12.0. The Morgan fingerprint density at radius 1 is 1.43 bits per heavy atom. The number of nitrogens with zero attached hydrogens (tertiary/aromatic N) is 2. The van der Waals surface area contributed by atoms with Gasteiger partial charge in [0, 0.05) is 6.07 Å². The van der Waals surface area contributed by atoms with E-state index in [1.165, 1.54) is 18.2 Å². The second-order valence-corrected chi connectivity index (χ2v) is 4.86. The molecule has 1 aromatic carbocycles. The van der Waals surface area contributed by atoms with Crippen molar-refractivity contribution in [3.63, 3.8) is 0 Å². The molecule has 1 atom stereocenters. The Labute approximate surface area is 129 Å². The summed E-state index contributed by atoms with van der Waals surface area (Å²) in [5.41, 5.74) is 0.981. The molecule has 120 valence electrons. The van der Waals surface area contributed by atoms with Crippen LogP contribution in [0.3, 0.4) is 0 Å². The van der Waals surface area contributed by atoms with Gasteiger partial charge < -0.3 is 29.2 Å². The standard InChI is InChI=1S/C14H13N3O6/c1-7(15-14(19)20)6-21-12-5-11(23-17-12)13-16-9-4-8(18)2-3-10(9)22-13/h2-5,7,15,18H,6H2,1H3,(H,19,20)/t7-/m0/s1. The van der Waals surface area contributed by atoms with Crippen LogP contribution in [0.15, 0.2) is 33.2 Å². The molecule has 0 unspecified atom stereocenters. The maximum absolute atomic E-state index is 10.5. The van der Waals surface area contributed by atoms with Gasteiger partial charge in [-0.1, -0.05) is 0 Å². The molecule has 0 aliphatic rings. The molecule has 2 heterocycles. The number of carbonyl (C=O) groups is 1. The average Bonchev–Trinajstić information content (AvgIpc) is 3.10. The van der Waals surface area contributed by atoms with Gasteiger partial charge in [-0.2, -0.15) is 0 Å². The van der Waals surface area contributed by atoms with E-state index in [-0.39, 0.29) is 29.9 Å². The summed E-state index contributed by atoms with van der Waals surface area (Å²) in [4.78, 5) is 14.7. The second-order valence-electron chi connectivity index (χ2n) is 4.86. The number of benzene rings is 1. The number of nitrogens with one attached hydrogen (secondary N) is 1. The molecule has 0 fully saturated rings. The van der Waals surface area contributed by atoms with E-state index < -0.39 is 12.1 Å². The number of aromatic hydroxyl groups is 1. The largest absolute Gasteiger partial charge is 0.508 e. The molecule has 9 nitrogen and oxygen atoms in total. The van der Waals surface area contributed by atoms with Gasteiger partial charge in [-0.15, -0.1) is 0 Å². The van der Waals surface area contributed by atoms with Crippen molar-refractivity contribution >= 4 is 17.2 Å². The lowest BCUT2D eigenvalue weighted by Gasteiger charge is -2.10. The Bertz CT molecular complexity index is 840. The predicted molar refractivity (Wildman–Crippen MR) is 77.3 cm³/mol. The van der Waals surface area contributed by atoms with Crippen molar-refractivity contribution in [3.05, 3.63) is 24.3 Å². The molecule has 0 saturated carbocycles. The molecule has 0 aliphatic heterocycles.